The third-order valence-corrected chi connectivity index (χ3v) is 5.76. The monoisotopic (exact) mass is 334 g/mol. The number of hydrogen-bond acceptors (Lipinski definition) is 6. The standard InChI is InChI=1S/C16H22N4O4/c1-3-23-12(21)7-20-6-9(18-19-20)5-17-16(22)24-15-10-4-11-13(8(10)2)14(11)15/h6,8,10-11,13-15H,3-5,7H2,1-2H3,(H,17,22). The third kappa shape index (κ3) is 2.53. The Hall–Kier alpha value is -2.12. The van der Waals surface area contributed by atoms with Gasteiger partial charge < -0.3 is 14.8 Å². The molecule has 24 heavy (non-hydrogen) atoms. The Morgan fingerprint density at radius 3 is 2.83 bits per heavy atom. The number of aromatic nitrogens is 3. The van der Waals surface area contributed by atoms with Gasteiger partial charge in [0.2, 0.25) is 0 Å². The lowest BCUT2D eigenvalue weighted by Gasteiger charge is -2.18. The summed E-state index contributed by atoms with van der Waals surface area (Å²) in [6, 6.07) is 0. The second-order valence-corrected chi connectivity index (χ2v) is 7.01. The van der Waals surface area contributed by atoms with Gasteiger partial charge in [-0.25, -0.2) is 9.48 Å². The molecule has 6 unspecified atom stereocenters. The first kappa shape index (κ1) is 15.4. The van der Waals surface area contributed by atoms with Crippen molar-refractivity contribution in [1.29, 1.82) is 0 Å². The Morgan fingerprint density at radius 1 is 1.38 bits per heavy atom. The van der Waals surface area contributed by atoms with Crippen LogP contribution in [-0.2, 0) is 27.4 Å². The van der Waals surface area contributed by atoms with Crippen LogP contribution in [0.25, 0.3) is 0 Å². The summed E-state index contributed by atoms with van der Waals surface area (Å²) in [6.45, 7) is 4.60. The van der Waals surface area contributed by atoms with E-state index in [1.807, 2.05) is 0 Å². The highest BCUT2D eigenvalue weighted by Gasteiger charge is 2.73. The average Bonchev–Trinajstić information content (AvgIpc) is 2.88. The Morgan fingerprint density at radius 2 is 2.21 bits per heavy atom. The van der Waals surface area contributed by atoms with Crippen LogP contribution in [0.5, 0.6) is 0 Å². The second kappa shape index (κ2) is 5.75. The van der Waals surface area contributed by atoms with Crippen molar-refractivity contribution in [3.63, 3.8) is 0 Å². The Bertz CT molecular complexity index is 660. The summed E-state index contributed by atoms with van der Waals surface area (Å²) in [5.74, 6) is 3.05. The number of ether oxygens (including phenoxy) is 2. The van der Waals surface area contributed by atoms with Crippen molar-refractivity contribution in [3.05, 3.63) is 11.9 Å². The zero-order chi connectivity index (χ0) is 16.8. The van der Waals surface area contributed by atoms with E-state index < -0.39 is 6.09 Å². The summed E-state index contributed by atoms with van der Waals surface area (Å²) >= 11 is 0. The predicted octanol–water partition coefficient (Wildman–Crippen LogP) is 0.968. The van der Waals surface area contributed by atoms with E-state index in [9.17, 15) is 9.59 Å². The lowest BCUT2D eigenvalue weighted by Crippen LogP contribution is -2.31. The average molecular weight is 334 g/mol. The molecule has 1 heterocycles. The summed E-state index contributed by atoms with van der Waals surface area (Å²) in [6.07, 6.45) is 2.53. The van der Waals surface area contributed by atoms with E-state index in [-0.39, 0.29) is 25.2 Å². The first-order valence-electron chi connectivity index (χ1n) is 8.57. The number of nitrogens with one attached hydrogen (secondary N) is 1. The van der Waals surface area contributed by atoms with Crippen molar-refractivity contribution in [3.8, 4) is 0 Å². The maximum atomic E-state index is 12.0. The molecule has 4 aliphatic carbocycles. The van der Waals surface area contributed by atoms with Crippen molar-refractivity contribution >= 4 is 12.1 Å². The van der Waals surface area contributed by atoms with Crippen LogP contribution in [0.2, 0.25) is 0 Å². The molecule has 0 saturated heterocycles. The van der Waals surface area contributed by atoms with Crippen LogP contribution in [0.15, 0.2) is 6.20 Å². The van der Waals surface area contributed by atoms with Gasteiger partial charge in [0.1, 0.15) is 18.3 Å². The number of nitrogens with zero attached hydrogens (tertiary/aromatic N) is 3. The molecule has 4 aliphatic rings. The van der Waals surface area contributed by atoms with E-state index >= 15 is 0 Å². The highest BCUT2D eigenvalue weighted by Crippen LogP contribution is 2.73. The van der Waals surface area contributed by atoms with Gasteiger partial charge in [-0.2, -0.15) is 0 Å². The van der Waals surface area contributed by atoms with Gasteiger partial charge in [0.25, 0.3) is 0 Å². The van der Waals surface area contributed by atoms with Crippen LogP contribution in [0, 0.1) is 29.6 Å². The van der Waals surface area contributed by atoms with Crippen molar-refractivity contribution < 1.29 is 19.1 Å². The Kier molecular flexibility index (Phi) is 3.69. The number of hydrogen-bond donors (Lipinski definition) is 1. The van der Waals surface area contributed by atoms with Crippen molar-refractivity contribution in [2.24, 2.45) is 29.6 Å². The van der Waals surface area contributed by atoms with Crippen LogP contribution >= 0.6 is 0 Å². The second-order valence-electron chi connectivity index (χ2n) is 7.01. The van der Waals surface area contributed by atoms with Crippen molar-refractivity contribution in [2.45, 2.75) is 39.5 Å². The van der Waals surface area contributed by atoms with Gasteiger partial charge in [0.05, 0.1) is 19.3 Å². The maximum Gasteiger partial charge on any atom is 0.407 e. The fourth-order valence-electron chi connectivity index (χ4n) is 4.81. The van der Waals surface area contributed by atoms with Crippen LogP contribution in [0.4, 0.5) is 4.79 Å². The molecule has 0 aromatic carbocycles. The van der Waals surface area contributed by atoms with E-state index in [0.717, 1.165) is 11.8 Å². The van der Waals surface area contributed by atoms with Crippen LogP contribution in [-0.4, -0.2) is 39.8 Å². The van der Waals surface area contributed by atoms with E-state index in [1.54, 1.807) is 13.1 Å². The molecule has 1 aromatic rings. The highest BCUT2D eigenvalue weighted by atomic mass is 16.6. The van der Waals surface area contributed by atoms with E-state index in [4.69, 9.17) is 9.47 Å². The minimum absolute atomic E-state index is 0.0113. The zero-order valence-electron chi connectivity index (χ0n) is 13.8. The topological polar surface area (TPSA) is 95.3 Å². The molecule has 0 spiro atoms. The minimum atomic E-state index is -0.398. The number of carbonyl (C=O) groups is 2. The number of amides is 1. The summed E-state index contributed by atoms with van der Waals surface area (Å²) in [4.78, 5) is 23.4. The predicted molar refractivity (Wildman–Crippen MR) is 81.5 cm³/mol. The number of esters is 1. The van der Waals surface area contributed by atoms with E-state index in [2.05, 4.69) is 22.6 Å². The number of carbonyl (C=O) groups excluding carboxylic acids is 2. The lowest BCUT2D eigenvalue weighted by atomic mass is 9.99. The molecule has 130 valence electrons. The fourth-order valence-corrected chi connectivity index (χ4v) is 4.81. The number of alkyl carbamates (subject to hydrolysis) is 1. The van der Waals surface area contributed by atoms with E-state index in [0.29, 0.717) is 30.1 Å². The molecule has 1 N–H and O–H groups in total. The number of rotatable bonds is 6. The fraction of sp³-hybridized carbons (Fsp3) is 0.750. The van der Waals surface area contributed by atoms with Crippen LogP contribution in [0.3, 0.4) is 0 Å². The molecule has 8 heteroatoms. The molecule has 1 amide bonds. The Balaban J connectivity index is 1.23. The molecule has 4 bridgehead atoms. The SMILES string of the molecule is CCOC(=O)Cn1cc(CNC(=O)OC2C3CC4C(C3C)C42)nn1. The minimum Gasteiger partial charge on any atom is -0.465 e. The quantitative estimate of drug-likeness (QED) is 0.779. The largest absolute Gasteiger partial charge is 0.465 e. The van der Waals surface area contributed by atoms with Gasteiger partial charge in [-0.05, 0) is 37.0 Å². The zero-order valence-corrected chi connectivity index (χ0v) is 13.8. The van der Waals surface area contributed by atoms with Gasteiger partial charge in [0.15, 0.2) is 0 Å². The summed E-state index contributed by atoms with van der Waals surface area (Å²) < 4.78 is 11.9. The highest BCUT2D eigenvalue weighted by molar-refractivity contribution is 5.69. The Labute approximate surface area is 139 Å². The first-order chi connectivity index (χ1) is 11.6. The van der Waals surface area contributed by atoms with Gasteiger partial charge in [0, 0.05) is 5.92 Å². The third-order valence-electron chi connectivity index (χ3n) is 5.76. The molecule has 8 nitrogen and oxygen atoms in total. The van der Waals surface area contributed by atoms with Gasteiger partial charge in [-0.3, -0.25) is 4.79 Å². The van der Waals surface area contributed by atoms with Gasteiger partial charge >= 0.3 is 12.1 Å². The van der Waals surface area contributed by atoms with Crippen molar-refractivity contribution in [2.75, 3.05) is 6.61 Å². The molecule has 4 fully saturated rings. The first-order valence-corrected chi connectivity index (χ1v) is 8.57. The van der Waals surface area contributed by atoms with E-state index in [1.165, 1.54) is 11.1 Å². The molecular formula is C16H22N4O4. The molecule has 5 rings (SSSR count). The summed E-state index contributed by atoms with van der Waals surface area (Å²) in [5, 5.41) is 10.5. The molecular weight excluding hydrogens is 312 g/mol. The van der Waals surface area contributed by atoms with Crippen LogP contribution < -0.4 is 5.32 Å². The molecule has 1 aromatic heterocycles. The smallest absolute Gasteiger partial charge is 0.407 e. The normalized spacial score (nSPS) is 34.9. The maximum absolute atomic E-state index is 12.0. The molecule has 0 radical (unpaired) electrons. The van der Waals surface area contributed by atoms with Crippen molar-refractivity contribution in [1.82, 2.24) is 20.3 Å². The van der Waals surface area contributed by atoms with Gasteiger partial charge in [-0.1, -0.05) is 12.1 Å². The molecule has 0 aliphatic heterocycles. The molecule has 4 saturated carbocycles. The lowest BCUT2D eigenvalue weighted by molar-refractivity contribution is -0.144. The van der Waals surface area contributed by atoms with Crippen LogP contribution in [0.1, 0.15) is 26.0 Å². The summed E-state index contributed by atoms with van der Waals surface area (Å²) in [7, 11) is 0. The van der Waals surface area contributed by atoms with Gasteiger partial charge in [-0.15, -0.1) is 5.10 Å². The summed E-state index contributed by atoms with van der Waals surface area (Å²) in [5.41, 5.74) is 0.574. The molecule has 6 atom stereocenters.